The molecule has 0 atom stereocenters. The number of aryl methyl sites for hydroxylation is 1. The highest BCUT2D eigenvalue weighted by atomic mass is 16.5. The zero-order chi connectivity index (χ0) is 28.9. The van der Waals surface area contributed by atoms with Gasteiger partial charge in [-0.1, -0.05) is 26.0 Å². The second-order valence-corrected chi connectivity index (χ2v) is 10.1. The van der Waals surface area contributed by atoms with E-state index in [1.165, 1.54) is 6.08 Å². The van der Waals surface area contributed by atoms with Gasteiger partial charge >= 0.3 is 0 Å². The first-order valence-corrected chi connectivity index (χ1v) is 13.7. The number of amides is 1. The average Bonchev–Trinajstić information content (AvgIpc) is 2.98. The largest absolute Gasteiger partial charge is 0.494 e. The summed E-state index contributed by atoms with van der Waals surface area (Å²) in [7, 11) is 3.78. The number of nitrogens with one attached hydrogen (secondary N) is 2. The number of piperazine rings is 1. The number of anilines is 4. The van der Waals surface area contributed by atoms with Crippen LogP contribution in [0.2, 0.25) is 0 Å². The number of nitrogens with zero attached hydrogens (tertiary/aromatic N) is 5. The van der Waals surface area contributed by atoms with Crippen LogP contribution in [0.4, 0.5) is 23.0 Å². The van der Waals surface area contributed by atoms with Crippen LogP contribution in [0.15, 0.2) is 72.2 Å². The predicted molar refractivity (Wildman–Crippen MR) is 164 cm³/mol. The molecule has 2 aromatic heterocycles. The fourth-order valence-electron chi connectivity index (χ4n) is 5.03. The quantitative estimate of drug-likeness (QED) is 0.295. The van der Waals surface area contributed by atoms with Gasteiger partial charge in [0.1, 0.15) is 5.75 Å². The molecule has 41 heavy (non-hydrogen) atoms. The molecule has 4 aromatic rings. The van der Waals surface area contributed by atoms with Crippen LogP contribution in [0.1, 0.15) is 18.9 Å². The van der Waals surface area contributed by atoms with Crippen LogP contribution in [0.3, 0.4) is 0 Å². The Kier molecular flexibility index (Phi) is 8.30. The molecule has 3 heterocycles. The maximum Gasteiger partial charge on any atom is 0.257 e. The predicted octanol–water partition coefficient (Wildman–Crippen LogP) is 4.36. The number of ether oxygens (including phenoxy) is 1. The van der Waals surface area contributed by atoms with E-state index in [0.29, 0.717) is 28.7 Å². The van der Waals surface area contributed by atoms with Crippen LogP contribution in [0.25, 0.3) is 16.7 Å². The molecule has 0 unspecified atom stereocenters. The van der Waals surface area contributed by atoms with Crippen LogP contribution < -0.4 is 25.8 Å². The van der Waals surface area contributed by atoms with Crippen LogP contribution >= 0.6 is 0 Å². The summed E-state index contributed by atoms with van der Waals surface area (Å²) in [6.45, 7) is 9.50. The lowest BCUT2D eigenvalue weighted by Crippen LogP contribution is -2.44. The van der Waals surface area contributed by atoms with E-state index >= 15 is 0 Å². The van der Waals surface area contributed by atoms with Crippen molar-refractivity contribution in [3.63, 3.8) is 0 Å². The first-order chi connectivity index (χ1) is 19.9. The SMILES string of the molecule is C=CC(=O)Nc1cccc(-n2c(=O)cc(CCC)c3cnc(Nc4ccc(N5CCN(C)CC5)cc4OC)nc32)c1. The Balaban J connectivity index is 1.54. The van der Waals surface area contributed by atoms with Crippen LogP contribution in [0.5, 0.6) is 5.75 Å². The molecule has 0 spiro atoms. The molecule has 0 bridgehead atoms. The van der Waals surface area contributed by atoms with Crippen molar-refractivity contribution in [1.29, 1.82) is 0 Å². The fraction of sp³-hybridized carbons (Fsp3) is 0.290. The molecule has 10 nitrogen and oxygen atoms in total. The molecule has 1 saturated heterocycles. The van der Waals surface area contributed by atoms with Gasteiger partial charge in [-0.25, -0.2) is 4.98 Å². The van der Waals surface area contributed by atoms with Crippen LogP contribution in [0, 0.1) is 0 Å². The lowest BCUT2D eigenvalue weighted by atomic mass is 10.1. The monoisotopic (exact) mass is 553 g/mol. The number of aromatic nitrogens is 3. The van der Waals surface area contributed by atoms with Crippen LogP contribution in [-0.4, -0.2) is 65.7 Å². The van der Waals surface area contributed by atoms with E-state index in [1.807, 2.05) is 12.1 Å². The van der Waals surface area contributed by atoms with Crippen molar-refractivity contribution in [2.45, 2.75) is 19.8 Å². The molecule has 2 N–H and O–H groups in total. The molecule has 1 aliphatic heterocycles. The maximum absolute atomic E-state index is 13.4. The second kappa shape index (κ2) is 12.2. The molecule has 2 aromatic carbocycles. The van der Waals surface area contributed by atoms with Gasteiger partial charge in [0.2, 0.25) is 11.9 Å². The smallest absolute Gasteiger partial charge is 0.257 e. The summed E-state index contributed by atoms with van der Waals surface area (Å²) >= 11 is 0. The Hall–Kier alpha value is -4.70. The minimum Gasteiger partial charge on any atom is -0.494 e. The minimum atomic E-state index is -0.334. The molecule has 5 rings (SSSR count). The summed E-state index contributed by atoms with van der Waals surface area (Å²) in [6, 6.07) is 14.8. The highest BCUT2D eigenvalue weighted by molar-refractivity contribution is 5.99. The Morgan fingerprint density at radius 2 is 1.90 bits per heavy atom. The molecule has 1 amide bonds. The van der Waals surface area contributed by atoms with E-state index in [9.17, 15) is 9.59 Å². The minimum absolute atomic E-state index is 0.216. The Morgan fingerprint density at radius 3 is 2.63 bits per heavy atom. The number of carbonyl (C=O) groups excluding carboxylic acids is 1. The fourth-order valence-corrected chi connectivity index (χ4v) is 5.03. The average molecular weight is 554 g/mol. The highest BCUT2D eigenvalue weighted by Crippen LogP contribution is 2.32. The number of pyridine rings is 1. The number of benzene rings is 2. The third-order valence-corrected chi connectivity index (χ3v) is 7.22. The summed E-state index contributed by atoms with van der Waals surface area (Å²) in [5.41, 5.74) is 4.08. The van der Waals surface area contributed by atoms with Crippen molar-refractivity contribution >= 4 is 40.0 Å². The van der Waals surface area contributed by atoms with Gasteiger partial charge in [0.25, 0.3) is 5.56 Å². The second-order valence-electron chi connectivity index (χ2n) is 10.1. The Labute approximate surface area is 239 Å². The van der Waals surface area contributed by atoms with Gasteiger partial charge in [0, 0.05) is 61.3 Å². The van der Waals surface area contributed by atoms with E-state index in [1.54, 1.807) is 48.2 Å². The summed E-state index contributed by atoms with van der Waals surface area (Å²) in [6.07, 6.45) is 4.54. The lowest BCUT2D eigenvalue weighted by molar-refractivity contribution is -0.111. The van der Waals surface area contributed by atoms with Gasteiger partial charge in [-0.15, -0.1) is 0 Å². The molecular formula is C31H35N7O3. The first kappa shape index (κ1) is 27.9. The summed E-state index contributed by atoms with van der Waals surface area (Å²) in [5.74, 6) is 0.674. The van der Waals surface area contributed by atoms with E-state index in [0.717, 1.165) is 61.3 Å². The third-order valence-electron chi connectivity index (χ3n) is 7.22. The number of hydrogen-bond donors (Lipinski definition) is 2. The number of likely N-dealkylation sites (N-methyl/N-ethyl adjacent to an activating group) is 1. The van der Waals surface area contributed by atoms with E-state index in [-0.39, 0.29) is 11.5 Å². The summed E-state index contributed by atoms with van der Waals surface area (Å²) in [4.78, 5) is 39.4. The standard InChI is InChI=1S/C31H35N7O3/c1-5-8-21-17-29(40)38(24-10-7-9-22(18-24)33-28(39)6-2)30-25(21)20-32-31(35-30)34-26-12-11-23(19-27(26)41-4)37-15-13-36(3)14-16-37/h6-7,9-12,17-20H,2,5,8,13-16H2,1,3-4H3,(H,33,39)(H,32,34,35). The van der Waals surface area contributed by atoms with Crippen molar-refractivity contribution in [3.8, 4) is 11.4 Å². The Bertz CT molecular complexity index is 1640. The normalized spacial score (nSPS) is 13.7. The van der Waals surface area contributed by atoms with Crippen molar-refractivity contribution in [2.24, 2.45) is 0 Å². The summed E-state index contributed by atoms with van der Waals surface area (Å²) < 4.78 is 7.26. The lowest BCUT2D eigenvalue weighted by Gasteiger charge is -2.34. The van der Waals surface area contributed by atoms with Gasteiger partial charge < -0.3 is 25.2 Å². The van der Waals surface area contributed by atoms with Gasteiger partial charge in [-0.2, -0.15) is 4.98 Å². The van der Waals surface area contributed by atoms with Gasteiger partial charge in [0.05, 0.1) is 18.5 Å². The molecule has 0 radical (unpaired) electrons. The first-order valence-electron chi connectivity index (χ1n) is 13.7. The molecular weight excluding hydrogens is 518 g/mol. The van der Waals surface area contributed by atoms with Gasteiger partial charge in [0.15, 0.2) is 5.65 Å². The molecule has 0 saturated carbocycles. The summed E-state index contributed by atoms with van der Waals surface area (Å²) in [5, 5.41) is 6.83. The van der Waals surface area contributed by atoms with Crippen molar-refractivity contribution in [2.75, 3.05) is 55.9 Å². The van der Waals surface area contributed by atoms with Gasteiger partial charge in [-0.3, -0.25) is 14.2 Å². The zero-order valence-corrected chi connectivity index (χ0v) is 23.7. The van der Waals surface area contributed by atoms with E-state index < -0.39 is 0 Å². The zero-order valence-electron chi connectivity index (χ0n) is 23.7. The number of fused-ring (bicyclic) bond motifs is 1. The number of hydrogen-bond acceptors (Lipinski definition) is 8. The number of rotatable bonds is 9. The van der Waals surface area contributed by atoms with Crippen molar-refractivity contribution in [1.82, 2.24) is 19.4 Å². The molecule has 10 heteroatoms. The molecule has 1 fully saturated rings. The number of methoxy groups -OCH3 is 1. The number of carbonyl (C=O) groups is 1. The Morgan fingerprint density at radius 1 is 1.10 bits per heavy atom. The maximum atomic E-state index is 13.4. The molecule has 0 aliphatic carbocycles. The van der Waals surface area contributed by atoms with E-state index in [4.69, 9.17) is 9.72 Å². The molecule has 212 valence electrons. The third kappa shape index (κ3) is 6.07. The van der Waals surface area contributed by atoms with E-state index in [2.05, 4.69) is 52.0 Å². The van der Waals surface area contributed by atoms with Crippen molar-refractivity contribution in [3.05, 3.63) is 83.3 Å². The highest BCUT2D eigenvalue weighted by Gasteiger charge is 2.18. The topological polar surface area (TPSA) is 105 Å². The van der Waals surface area contributed by atoms with Crippen LogP contribution in [-0.2, 0) is 11.2 Å². The van der Waals surface area contributed by atoms with Crippen molar-refractivity contribution < 1.29 is 9.53 Å². The van der Waals surface area contributed by atoms with Gasteiger partial charge in [-0.05, 0) is 55.4 Å². The molecule has 1 aliphatic rings.